The minimum atomic E-state index is 0.893. The highest BCUT2D eigenvalue weighted by atomic mass is 32.2. The summed E-state index contributed by atoms with van der Waals surface area (Å²) in [5.74, 6) is 1.90. The first kappa shape index (κ1) is 12.8. The second kappa shape index (κ2) is 6.92. The van der Waals surface area contributed by atoms with Gasteiger partial charge in [-0.25, -0.2) is 0 Å². The van der Waals surface area contributed by atoms with Crippen molar-refractivity contribution < 1.29 is 4.74 Å². The van der Waals surface area contributed by atoms with E-state index in [9.17, 15) is 0 Å². The van der Waals surface area contributed by atoms with Gasteiger partial charge in [-0.15, -0.1) is 11.8 Å². The fourth-order valence-electron chi connectivity index (χ4n) is 1.56. The summed E-state index contributed by atoms with van der Waals surface area (Å²) in [5, 5.41) is 2.13. The van der Waals surface area contributed by atoms with Crippen LogP contribution in [-0.4, -0.2) is 7.11 Å². The third-order valence-electron chi connectivity index (χ3n) is 2.57. The Morgan fingerprint density at radius 2 is 1.72 bits per heavy atom. The number of thioether (sulfide) groups is 1. The smallest absolute Gasteiger partial charge is 0.118 e. The van der Waals surface area contributed by atoms with Gasteiger partial charge in [0.05, 0.1) is 7.11 Å². The van der Waals surface area contributed by atoms with E-state index >= 15 is 0 Å². The molecule has 0 aromatic heterocycles. The van der Waals surface area contributed by atoms with Crippen LogP contribution in [0.5, 0.6) is 5.75 Å². The summed E-state index contributed by atoms with van der Waals surface area (Å²) in [6, 6.07) is 18.5. The van der Waals surface area contributed by atoms with Crippen LogP contribution in [0.15, 0.2) is 60.0 Å². The Morgan fingerprint density at radius 1 is 1.00 bits per heavy atom. The predicted octanol–water partition coefficient (Wildman–Crippen LogP) is 4.60. The van der Waals surface area contributed by atoms with Crippen LogP contribution in [0.4, 0.5) is 0 Å². The van der Waals surface area contributed by atoms with Gasteiger partial charge in [-0.2, -0.15) is 0 Å². The van der Waals surface area contributed by atoms with E-state index in [4.69, 9.17) is 4.74 Å². The number of hydrogen-bond acceptors (Lipinski definition) is 2. The highest BCUT2D eigenvalue weighted by Crippen LogP contribution is 2.16. The van der Waals surface area contributed by atoms with Gasteiger partial charge in [-0.05, 0) is 34.7 Å². The van der Waals surface area contributed by atoms with Gasteiger partial charge in [0.25, 0.3) is 0 Å². The molecule has 2 heteroatoms. The van der Waals surface area contributed by atoms with Gasteiger partial charge in [-0.1, -0.05) is 42.5 Å². The maximum absolute atomic E-state index is 5.12. The van der Waals surface area contributed by atoms with E-state index in [0.29, 0.717) is 0 Å². The first-order chi connectivity index (χ1) is 8.88. The molecule has 0 unspecified atom stereocenters. The third-order valence-corrected chi connectivity index (χ3v) is 3.39. The summed E-state index contributed by atoms with van der Waals surface area (Å²) >= 11 is 1.80. The molecule has 2 aromatic rings. The van der Waals surface area contributed by atoms with Crippen molar-refractivity contribution in [2.45, 2.75) is 5.75 Å². The Hall–Kier alpha value is -1.67. The topological polar surface area (TPSA) is 9.23 Å². The van der Waals surface area contributed by atoms with Crippen molar-refractivity contribution in [3.8, 4) is 5.75 Å². The summed E-state index contributed by atoms with van der Waals surface area (Å²) < 4.78 is 5.12. The number of benzene rings is 2. The highest BCUT2D eigenvalue weighted by molar-refractivity contribution is 8.01. The number of methoxy groups -OCH3 is 1. The van der Waals surface area contributed by atoms with Crippen molar-refractivity contribution in [2.75, 3.05) is 7.11 Å². The zero-order chi connectivity index (χ0) is 12.6. The number of rotatable bonds is 5. The predicted molar refractivity (Wildman–Crippen MR) is 79.8 cm³/mol. The molecule has 2 aromatic carbocycles. The molecule has 1 nitrogen and oxygen atoms in total. The van der Waals surface area contributed by atoms with Crippen molar-refractivity contribution in [1.29, 1.82) is 0 Å². The summed E-state index contributed by atoms with van der Waals surface area (Å²) in [6.07, 6.45) is 2.12. The summed E-state index contributed by atoms with van der Waals surface area (Å²) in [7, 11) is 1.68. The normalized spacial score (nSPS) is 10.7. The Balaban J connectivity index is 1.84. The molecule has 0 saturated heterocycles. The zero-order valence-corrected chi connectivity index (χ0v) is 11.2. The fourth-order valence-corrected chi connectivity index (χ4v) is 2.29. The maximum atomic E-state index is 5.12. The standard InChI is InChI=1S/C16H16OS/c1-17-16-9-7-14(8-10-16)11-12-18-13-15-5-3-2-4-6-15/h2-12H,13H2,1H3/b12-11-. The monoisotopic (exact) mass is 256 g/mol. The minimum Gasteiger partial charge on any atom is -0.497 e. The van der Waals surface area contributed by atoms with Crippen molar-refractivity contribution in [1.82, 2.24) is 0 Å². The lowest BCUT2D eigenvalue weighted by atomic mass is 10.2. The lowest BCUT2D eigenvalue weighted by molar-refractivity contribution is 0.415. The molecule has 0 bridgehead atoms. The van der Waals surface area contributed by atoms with Crippen LogP contribution in [0, 0.1) is 0 Å². The average molecular weight is 256 g/mol. The van der Waals surface area contributed by atoms with E-state index in [1.165, 1.54) is 11.1 Å². The maximum Gasteiger partial charge on any atom is 0.118 e. The van der Waals surface area contributed by atoms with Crippen molar-refractivity contribution >= 4 is 17.8 Å². The SMILES string of the molecule is COc1ccc(/C=C\SCc2ccccc2)cc1. The molecule has 0 fully saturated rings. The van der Waals surface area contributed by atoms with E-state index in [2.05, 4.69) is 47.9 Å². The van der Waals surface area contributed by atoms with Gasteiger partial charge in [0.15, 0.2) is 0 Å². The van der Waals surface area contributed by atoms with Crippen molar-refractivity contribution in [3.05, 3.63) is 71.1 Å². The van der Waals surface area contributed by atoms with Gasteiger partial charge in [0, 0.05) is 5.75 Å². The van der Waals surface area contributed by atoms with E-state index in [0.717, 1.165) is 11.5 Å². The largest absolute Gasteiger partial charge is 0.497 e. The van der Waals surface area contributed by atoms with E-state index in [1.807, 2.05) is 18.2 Å². The molecule has 0 radical (unpaired) electrons. The molecule has 92 valence electrons. The molecule has 0 aliphatic heterocycles. The van der Waals surface area contributed by atoms with Gasteiger partial charge in [-0.3, -0.25) is 0 Å². The van der Waals surface area contributed by atoms with Crippen LogP contribution >= 0.6 is 11.8 Å². The summed E-state index contributed by atoms with van der Waals surface area (Å²) in [5.41, 5.74) is 2.54. The molecule has 0 spiro atoms. The first-order valence-corrected chi connectivity index (χ1v) is 6.89. The van der Waals surface area contributed by atoms with E-state index in [1.54, 1.807) is 18.9 Å². The Bertz CT molecular complexity index is 488. The Morgan fingerprint density at radius 3 is 2.39 bits per heavy atom. The van der Waals surface area contributed by atoms with Crippen LogP contribution in [0.2, 0.25) is 0 Å². The highest BCUT2D eigenvalue weighted by Gasteiger charge is 1.91. The molecule has 0 atom stereocenters. The minimum absolute atomic E-state index is 0.893. The summed E-state index contributed by atoms with van der Waals surface area (Å²) in [6.45, 7) is 0. The lowest BCUT2D eigenvalue weighted by Gasteiger charge is -1.99. The molecule has 2 rings (SSSR count). The zero-order valence-electron chi connectivity index (χ0n) is 10.4. The second-order valence-electron chi connectivity index (χ2n) is 3.87. The average Bonchev–Trinajstić information content (AvgIpc) is 2.45. The van der Waals surface area contributed by atoms with Gasteiger partial charge < -0.3 is 4.74 Å². The van der Waals surface area contributed by atoms with Crippen LogP contribution in [-0.2, 0) is 5.75 Å². The van der Waals surface area contributed by atoms with Gasteiger partial charge in [0.1, 0.15) is 5.75 Å². The van der Waals surface area contributed by atoms with Crippen LogP contribution in [0.1, 0.15) is 11.1 Å². The molecule has 0 N–H and O–H groups in total. The quantitative estimate of drug-likeness (QED) is 0.773. The Labute approximate surface area is 112 Å². The molecule has 0 amide bonds. The van der Waals surface area contributed by atoms with Crippen molar-refractivity contribution in [2.24, 2.45) is 0 Å². The fraction of sp³-hybridized carbons (Fsp3) is 0.125. The molecular formula is C16H16OS. The van der Waals surface area contributed by atoms with E-state index in [-0.39, 0.29) is 0 Å². The Kier molecular flexibility index (Phi) is 4.91. The van der Waals surface area contributed by atoms with E-state index < -0.39 is 0 Å². The number of hydrogen-bond donors (Lipinski definition) is 0. The van der Waals surface area contributed by atoms with Crippen LogP contribution in [0.3, 0.4) is 0 Å². The molecule has 18 heavy (non-hydrogen) atoms. The van der Waals surface area contributed by atoms with Gasteiger partial charge in [0.2, 0.25) is 0 Å². The first-order valence-electron chi connectivity index (χ1n) is 5.84. The molecule has 0 aliphatic carbocycles. The van der Waals surface area contributed by atoms with Crippen LogP contribution < -0.4 is 4.74 Å². The molecule has 0 saturated carbocycles. The lowest BCUT2D eigenvalue weighted by Crippen LogP contribution is -1.81. The molecular weight excluding hydrogens is 240 g/mol. The number of ether oxygens (including phenoxy) is 1. The van der Waals surface area contributed by atoms with Gasteiger partial charge >= 0.3 is 0 Å². The third kappa shape index (κ3) is 3.97. The molecule has 0 heterocycles. The van der Waals surface area contributed by atoms with Crippen LogP contribution in [0.25, 0.3) is 6.08 Å². The van der Waals surface area contributed by atoms with Crippen molar-refractivity contribution in [3.63, 3.8) is 0 Å². The second-order valence-corrected chi connectivity index (χ2v) is 4.77. The molecule has 0 aliphatic rings. The summed E-state index contributed by atoms with van der Waals surface area (Å²) in [4.78, 5) is 0.